The summed E-state index contributed by atoms with van der Waals surface area (Å²) in [6.45, 7) is 3.86. The minimum Gasteiger partial charge on any atom is -0.511 e. The first-order valence-electron chi connectivity index (χ1n) is 3.10. The summed E-state index contributed by atoms with van der Waals surface area (Å²) in [6.07, 6.45) is 1.56. The second kappa shape index (κ2) is 6.69. The lowest BCUT2D eigenvalue weighted by Crippen LogP contribution is -2.17. The third-order valence-corrected chi connectivity index (χ3v) is 1.71. The molecule has 0 aliphatic rings. The van der Waals surface area contributed by atoms with Crippen LogP contribution in [0.15, 0.2) is 0 Å². The molecule has 0 rings (SSSR count). The quantitative estimate of drug-likeness (QED) is 0.602. The minimum absolute atomic E-state index is 0. The maximum Gasteiger partial charge on any atom is 0.764 e. The fourth-order valence-corrected chi connectivity index (χ4v) is 1.22. The van der Waals surface area contributed by atoms with Crippen molar-refractivity contribution in [3.63, 3.8) is 0 Å². The van der Waals surface area contributed by atoms with Gasteiger partial charge in [0.15, 0.2) is 0 Å². The van der Waals surface area contributed by atoms with E-state index in [-0.39, 0.29) is 12.3 Å². The van der Waals surface area contributed by atoms with Crippen molar-refractivity contribution in [2.75, 3.05) is 0 Å². The summed E-state index contributed by atoms with van der Waals surface area (Å²) in [4.78, 5) is 8.31. The first kappa shape index (κ1) is 12.3. The summed E-state index contributed by atoms with van der Waals surface area (Å²) in [5.41, 5.74) is 0. The van der Waals surface area contributed by atoms with Crippen LogP contribution in [0, 0.1) is 0 Å². The fourth-order valence-electron chi connectivity index (χ4n) is 0.598. The van der Waals surface area contributed by atoms with E-state index in [4.69, 9.17) is 4.80 Å². The molecule has 0 unspecified atom stereocenters. The highest BCUT2D eigenvalue weighted by molar-refractivity contribution is 6.24. The van der Waals surface area contributed by atoms with Gasteiger partial charge in [0.2, 0.25) is 0 Å². The van der Waals surface area contributed by atoms with Gasteiger partial charge in [-0.05, 0) is 12.8 Å². The van der Waals surface area contributed by atoms with Gasteiger partial charge in [0.05, 0.1) is 6.10 Å². The Kier molecular flexibility index (Phi) is 8.21. The lowest BCUT2D eigenvalue weighted by Gasteiger charge is -2.09. The molecule has 0 spiro atoms. The van der Waals surface area contributed by atoms with E-state index < -0.39 is 9.17 Å². The van der Waals surface area contributed by atoms with Crippen molar-refractivity contribution in [3.8, 4) is 0 Å². The van der Waals surface area contributed by atoms with Crippen molar-refractivity contribution in [2.24, 2.45) is 0 Å². The van der Waals surface area contributed by atoms with Crippen molar-refractivity contribution < 1.29 is 13.7 Å². The zero-order valence-electron chi connectivity index (χ0n) is 6.46. The lowest BCUT2D eigenvalue weighted by atomic mass is 10.2. The first-order valence-corrected chi connectivity index (χ1v) is 4.36. The largest absolute Gasteiger partial charge is 0.764 e. The van der Waals surface area contributed by atoms with E-state index in [1.165, 1.54) is 0 Å². The molecule has 5 heteroatoms. The van der Waals surface area contributed by atoms with Crippen LogP contribution in [0.5, 0.6) is 0 Å². The van der Waals surface area contributed by atoms with Gasteiger partial charge in [-0.3, -0.25) is 4.46 Å². The maximum atomic E-state index is 10.1. The lowest BCUT2D eigenvalue weighted by molar-refractivity contribution is 0.139. The van der Waals surface area contributed by atoms with Crippen molar-refractivity contribution in [1.82, 2.24) is 6.15 Å². The van der Waals surface area contributed by atoms with E-state index in [1.807, 2.05) is 13.8 Å². The Balaban J connectivity index is 0. The van der Waals surface area contributed by atoms with Gasteiger partial charge >= 0.3 is 9.17 Å². The van der Waals surface area contributed by atoms with E-state index in [1.54, 1.807) is 0 Å². The predicted molar refractivity (Wildman–Crippen MR) is 39.1 cm³/mol. The monoisotopic (exact) mass is 165 g/mol. The molecular formula is C5H15NO3Si. The Morgan fingerprint density at radius 3 is 2.00 bits per heavy atom. The maximum absolute atomic E-state index is 10.1. The topological polar surface area (TPSA) is 81.5 Å². The average Bonchev–Trinajstić information content (AvgIpc) is 1.82. The zero-order chi connectivity index (χ0) is 7.28. The molecule has 0 amide bonds. The Morgan fingerprint density at radius 2 is 1.90 bits per heavy atom. The molecule has 0 aromatic carbocycles. The van der Waals surface area contributed by atoms with E-state index in [0.29, 0.717) is 0 Å². The van der Waals surface area contributed by atoms with Gasteiger partial charge in [-0.2, -0.15) is 0 Å². The highest BCUT2D eigenvalue weighted by Crippen LogP contribution is 2.00. The summed E-state index contributed by atoms with van der Waals surface area (Å²) >= 11 is 0. The molecule has 0 fully saturated rings. The van der Waals surface area contributed by atoms with Gasteiger partial charge in [-0.15, -0.1) is 0 Å². The Hall–Kier alpha value is -0.423. The van der Waals surface area contributed by atoms with Crippen LogP contribution in [0.25, 0.3) is 0 Å². The normalized spacial score (nSPS) is 8.70. The van der Waals surface area contributed by atoms with Crippen LogP contribution in [0.2, 0.25) is 0 Å². The molecule has 4 nitrogen and oxygen atoms in total. The molecule has 0 aromatic rings. The summed E-state index contributed by atoms with van der Waals surface area (Å²) in [7, 11) is -2.71. The minimum atomic E-state index is -2.71. The Morgan fingerprint density at radius 1 is 1.50 bits per heavy atom. The van der Waals surface area contributed by atoms with Gasteiger partial charge in [-0.25, -0.2) is 0 Å². The third-order valence-electron chi connectivity index (χ3n) is 1.18. The number of hydrogen-bond acceptors (Lipinski definition) is 3. The van der Waals surface area contributed by atoms with E-state index in [9.17, 15) is 4.46 Å². The predicted octanol–water partition coefficient (Wildman–Crippen LogP) is 0.761. The molecule has 0 bridgehead atoms. The fraction of sp³-hybridized carbons (Fsp3) is 1.00. The standard InChI is InChI=1S/C5H12O3Si.H3N/c1-3-5(4-2)8-9(6)7;/h5-6H,3-4H2,1-2H3;1H3. The second-order valence-corrected chi connectivity index (χ2v) is 2.59. The van der Waals surface area contributed by atoms with Crippen molar-refractivity contribution in [2.45, 2.75) is 32.8 Å². The highest BCUT2D eigenvalue weighted by atomic mass is 28.3. The molecule has 62 valence electrons. The molecule has 0 atom stereocenters. The Bertz CT molecular complexity index is 94.9. The summed E-state index contributed by atoms with van der Waals surface area (Å²) < 4.78 is 14.7. The molecule has 0 saturated carbocycles. The molecular weight excluding hydrogens is 150 g/mol. The molecule has 0 aromatic heterocycles. The number of hydrogen-bond donors (Lipinski definition) is 2. The Labute approximate surface area is 62.7 Å². The SMILES string of the molecule is CCC(CC)O[Si](=O)O.N. The van der Waals surface area contributed by atoms with Crippen molar-refractivity contribution in [1.29, 1.82) is 0 Å². The highest BCUT2D eigenvalue weighted by Gasteiger charge is 2.10. The average molecular weight is 165 g/mol. The van der Waals surface area contributed by atoms with Crippen LogP contribution in [0.1, 0.15) is 26.7 Å². The molecule has 0 aliphatic carbocycles. The van der Waals surface area contributed by atoms with Gasteiger partial charge < -0.3 is 15.4 Å². The molecule has 0 aliphatic heterocycles. The van der Waals surface area contributed by atoms with Crippen LogP contribution < -0.4 is 6.15 Å². The second-order valence-electron chi connectivity index (χ2n) is 1.82. The van der Waals surface area contributed by atoms with E-state index in [0.717, 1.165) is 12.8 Å². The van der Waals surface area contributed by atoms with Crippen LogP contribution in [-0.2, 0) is 8.89 Å². The van der Waals surface area contributed by atoms with Crippen molar-refractivity contribution >= 4 is 9.17 Å². The van der Waals surface area contributed by atoms with Gasteiger partial charge in [0, 0.05) is 0 Å². The van der Waals surface area contributed by atoms with Crippen LogP contribution >= 0.6 is 0 Å². The smallest absolute Gasteiger partial charge is 0.511 e. The first-order chi connectivity index (χ1) is 4.20. The van der Waals surface area contributed by atoms with Gasteiger partial charge in [0.1, 0.15) is 0 Å². The molecule has 0 radical (unpaired) electrons. The molecule has 10 heavy (non-hydrogen) atoms. The molecule has 0 saturated heterocycles. The van der Waals surface area contributed by atoms with E-state index >= 15 is 0 Å². The summed E-state index contributed by atoms with van der Waals surface area (Å²) in [5.74, 6) is 0. The third kappa shape index (κ3) is 5.71. The molecule has 0 heterocycles. The van der Waals surface area contributed by atoms with Crippen LogP contribution in [-0.4, -0.2) is 20.1 Å². The van der Waals surface area contributed by atoms with Crippen molar-refractivity contribution in [3.05, 3.63) is 0 Å². The van der Waals surface area contributed by atoms with Gasteiger partial charge in [0.25, 0.3) is 0 Å². The molecule has 4 N–H and O–H groups in total. The summed E-state index contributed by atoms with van der Waals surface area (Å²) in [6, 6.07) is 0. The van der Waals surface area contributed by atoms with E-state index in [2.05, 4.69) is 4.43 Å². The summed E-state index contributed by atoms with van der Waals surface area (Å²) in [5, 5.41) is 0. The van der Waals surface area contributed by atoms with Crippen LogP contribution in [0.4, 0.5) is 0 Å². The van der Waals surface area contributed by atoms with Gasteiger partial charge in [-0.1, -0.05) is 13.8 Å². The number of rotatable bonds is 4. The zero-order valence-corrected chi connectivity index (χ0v) is 7.46. The van der Waals surface area contributed by atoms with Crippen LogP contribution in [0.3, 0.4) is 0 Å².